The summed E-state index contributed by atoms with van der Waals surface area (Å²) in [5.74, 6) is 3.56. The Kier molecular flexibility index (Phi) is 5.02. The number of ketones is 1. The first kappa shape index (κ1) is 20.8. The topological polar surface area (TPSA) is 52.6 Å². The minimum atomic E-state index is -0.101. The molecule has 0 aromatic heterocycles. The van der Waals surface area contributed by atoms with Gasteiger partial charge in [-0.05, 0) is 91.2 Å². The highest BCUT2D eigenvalue weighted by molar-refractivity contribution is 5.91. The van der Waals surface area contributed by atoms with Crippen LogP contribution in [-0.2, 0) is 9.59 Å². The normalized spacial score (nSPS) is 41.1. The summed E-state index contributed by atoms with van der Waals surface area (Å²) in [7, 11) is 1.60. The number of allylic oxidation sites excluding steroid dienone is 2. The van der Waals surface area contributed by atoms with Gasteiger partial charge in [-0.1, -0.05) is 32.1 Å². The number of methoxy groups -OCH3 is 1. The molecule has 4 heteroatoms. The molecule has 1 aromatic rings. The number of carbonyl (C=O) groups is 2. The Morgan fingerprint density at radius 3 is 2.55 bits per heavy atom. The van der Waals surface area contributed by atoms with E-state index in [2.05, 4.69) is 19.9 Å². The highest BCUT2D eigenvalue weighted by Crippen LogP contribution is 2.66. The second kappa shape index (κ2) is 7.50. The van der Waals surface area contributed by atoms with Crippen molar-refractivity contribution in [3.8, 4) is 11.5 Å². The molecule has 0 bridgehead atoms. The summed E-state index contributed by atoms with van der Waals surface area (Å²) in [4.78, 5) is 25.3. The molecule has 3 fully saturated rings. The number of carbonyl (C=O) groups excluding carboxylic acids is 2. The van der Waals surface area contributed by atoms with E-state index in [-0.39, 0.29) is 22.7 Å². The highest BCUT2D eigenvalue weighted by Gasteiger charge is 2.61. The van der Waals surface area contributed by atoms with Gasteiger partial charge in [-0.25, -0.2) is 0 Å². The van der Waals surface area contributed by atoms with Crippen molar-refractivity contribution in [1.82, 2.24) is 0 Å². The lowest BCUT2D eigenvalue weighted by Gasteiger charge is -2.58. The first-order chi connectivity index (χ1) is 14.9. The van der Waals surface area contributed by atoms with Crippen LogP contribution in [-0.4, -0.2) is 18.9 Å². The molecule has 166 valence electrons. The molecule has 4 aliphatic rings. The number of para-hydroxylation sites is 2. The Balaban J connectivity index is 1.37. The minimum absolute atomic E-state index is 0.00232. The van der Waals surface area contributed by atoms with Gasteiger partial charge in [0.2, 0.25) is 0 Å². The first-order valence-electron chi connectivity index (χ1n) is 11.9. The lowest BCUT2D eigenvalue weighted by Crippen LogP contribution is -2.53. The molecule has 0 heterocycles. The van der Waals surface area contributed by atoms with Crippen LogP contribution in [0.25, 0.3) is 0 Å². The van der Waals surface area contributed by atoms with Crippen molar-refractivity contribution in [3.05, 3.63) is 36.4 Å². The third-order valence-corrected chi connectivity index (χ3v) is 9.60. The van der Waals surface area contributed by atoms with Crippen molar-refractivity contribution in [2.75, 3.05) is 7.11 Å². The van der Waals surface area contributed by atoms with Crippen molar-refractivity contribution < 1.29 is 19.1 Å². The summed E-state index contributed by atoms with van der Waals surface area (Å²) in [6.45, 7) is 4.73. The van der Waals surface area contributed by atoms with Crippen LogP contribution in [0.1, 0.15) is 58.8 Å². The van der Waals surface area contributed by atoms with E-state index in [0.29, 0.717) is 47.4 Å². The molecule has 0 N–H and O–H groups in total. The number of benzene rings is 1. The molecular formula is C27H34O4. The van der Waals surface area contributed by atoms with E-state index in [0.717, 1.165) is 32.1 Å². The minimum Gasteiger partial charge on any atom is -0.493 e. The Bertz CT molecular complexity index is 920. The Morgan fingerprint density at radius 1 is 1.00 bits per heavy atom. The molecule has 0 unspecified atom stereocenters. The number of esters is 1. The van der Waals surface area contributed by atoms with Crippen molar-refractivity contribution >= 4 is 11.8 Å². The highest BCUT2D eigenvalue weighted by atomic mass is 16.6. The fourth-order valence-electron chi connectivity index (χ4n) is 7.90. The Labute approximate surface area is 185 Å². The van der Waals surface area contributed by atoms with E-state index in [1.165, 1.54) is 6.42 Å². The van der Waals surface area contributed by atoms with Gasteiger partial charge < -0.3 is 9.47 Å². The monoisotopic (exact) mass is 422 g/mol. The summed E-state index contributed by atoms with van der Waals surface area (Å²) < 4.78 is 11.2. The first-order valence-corrected chi connectivity index (χ1v) is 11.9. The summed E-state index contributed by atoms with van der Waals surface area (Å²) in [6.07, 6.45) is 11.3. The van der Waals surface area contributed by atoms with Crippen molar-refractivity contribution in [1.29, 1.82) is 0 Å². The quantitative estimate of drug-likeness (QED) is 0.470. The third-order valence-electron chi connectivity index (χ3n) is 9.60. The van der Waals surface area contributed by atoms with Crippen LogP contribution < -0.4 is 9.47 Å². The van der Waals surface area contributed by atoms with Gasteiger partial charge >= 0.3 is 5.97 Å². The zero-order valence-electron chi connectivity index (χ0n) is 18.9. The van der Waals surface area contributed by atoms with E-state index in [9.17, 15) is 9.59 Å². The number of hydrogen-bond donors (Lipinski definition) is 0. The van der Waals surface area contributed by atoms with Gasteiger partial charge in [0.05, 0.1) is 13.0 Å². The Morgan fingerprint density at radius 2 is 1.77 bits per heavy atom. The maximum absolute atomic E-state index is 13.3. The lowest BCUT2D eigenvalue weighted by atomic mass is 9.46. The molecule has 4 aliphatic carbocycles. The predicted octanol–water partition coefficient (Wildman–Crippen LogP) is 5.60. The van der Waals surface area contributed by atoms with E-state index in [4.69, 9.17) is 9.47 Å². The van der Waals surface area contributed by atoms with Crippen LogP contribution in [0.5, 0.6) is 11.5 Å². The van der Waals surface area contributed by atoms with Crippen molar-refractivity contribution in [2.45, 2.75) is 58.8 Å². The summed E-state index contributed by atoms with van der Waals surface area (Å²) in [5.41, 5.74) is 0.131. The van der Waals surface area contributed by atoms with Gasteiger partial charge in [0.1, 0.15) is 0 Å². The fraction of sp³-hybridized carbons (Fsp3) is 0.630. The standard InChI is InChI=1S/C27H34O4/c1-26-14-12-18(28)16-17(26)8-9-19-20-10-11-22(27(20,2)15-13-21(19)26)25(29)31-24-7-5-4-6-23(24)30-3/h4-7,12,14,17,19-22H,8-11,13,15-16H2,1-3H3/t17-,19-,20-,21-,22+,26-,27-/m0/s1. The van der Waals surface area contributed by atoms with Gasteiger partial charge in [-0.15, -0.1) is 0 Å². The van der Waals surface area contributed by atoms with E-state index in [1.54, 1.807) is 13.2 Å². The van der Waals surface area contributed by atoms with Gasteiger partial charge in [0.25, 0.3) is 0 Å². The largest absolute Gasteiger partial charge is 0.493 e. The molecule has 0 saturated heterocycles. The predicted molar refractivity (Wildman–Crippen MR) is 119 cm³/mol. The maximum atomic E-state index is 13.3. The SMILES string of the molecule is COc1ccccc1OC(=O)[C@H]1CC[C@H]2[C@@H]3CC[C@H]4CC(=O)C=C[C@]4(C)[C@H]3CC[C@]12C. The average Bonchev–Trinajstić information content (AvgIpc) is 3.12. The second-order valence-electron chi connectivity index (χ2n) is 10.8. The molecule has 3 saturated carbocycles. The molecule has 0 aliphatic heterocycles. The van der Waals surface area contributed by atoms with Crippen LogP contribution in [0.3, 0.4) is 0 Å². The molecule has 1 aromatic carbocycles. The number of ether oxygens (including phenoxy) is 2. The van der Waals surface area contributed by atoms with E-state index in [1.807, 2.05) is 24.3 Å². The lowest BCUT2D eigenvalue weighted by molar-refractivity contribution is -0.148. The van der Waals surface area contributed by atoms with Crippen molar-refractivity contribution in [2.24, 2.45) is 40.4 Å². The molecule has 7 atom stereocenters. The molecule has 0 amide bonds. The maximum Gasteiger partial charge on any atom is 0.315 e. The van der Waals surface area contributed by atoms with Crippen LogP contribution >= 0.6 is 0 Å². The third kappa shape index (κ3) is 3.16. The molecule has 0 radical (unpaired) electrons. The molecule has 4 nitrogen and oxygen atoms in total. The molecule has 31 heavy (non-hydrogen) atoms. The molecule has 0 spiro atoms. The summed E-state index contributed by atoms with van der Waals surface area (Å²) in [6, 6.07) is 7.39. The van der Waals surface area contributed by atoms with Gasteiger partial charge in [0.15, 0.2) is 17.3 Å². The van der Waals surface area contributed by atoms with Gasteiger partial charge in [-0.3, -0.25) is 9.59 Å². The van der Waals surface area contributed by atoms with E-state index < -0.39 is 0 Å². The van der Waals surface area contributed by atoms with Crippen LogP contribution in [0, 0.1) is 40.4 Å². The van der Waals surface area contributed by atoms with Crippen LogP contribution in [0.4, 0.5) is 0 Å². The van der Waals surface area contributed by atoms with E-state index >= 15 is 0 Å². The fourth-order valence-corrected chi connectivity index (χ4v) is 7.90. The second-order valence-corrected chi connectivity index (χ2v) is 10.8. The zero-order valence-corrected chi connectivity index (χ0v) is 18.9. The average molecular weight is 423 g/mol. The molecule has 5 rings (SSSR count). The smallest absolute Gasteiger partial charge is 0.315 e. The zero-order chi connectivity index (χ0) is 21.8. The van der Waals surface area contributed by atoms with Gasteiger partial charge in [0, 0.05) is 6.42 Å². The van der Waals surface area contributed by atoms with Crippen LogP contribution in [0.2, 0.25) is 0 Å². The number of hydrogen-bond acceptors (Lipinski definition) is 4. The molecular weight excluding hydrogens is 388 g/mol. The number of rotatable bonds is 3. The number of fused-ring (bicyclic) bond motifs is 5. The Hall–Kier alpha value is -2.10. The van der Waals surface area contributed by atoms with Crippen molar-refractivity contribution in [3.63, 3.8) is 0 Å². The summed E-state index contributed by atoms with van der Waals surface area (Å²) in [5, 5.41) is 0. The van der Waals surface area contributed by atoms with Gasteiger partial charge in [-0.2, -0.15) is 0 Å². The van der Waals surface area contributed by atoms with Crippen LogP contribution in [0.15, 0.2) is 36.4 Å². The summed E-state index contributed by atoms with van der Waals surface area (Å²) >= 11 is 0.